The van der Waals surface area contributed by atoms with E-state index in [1.807, 2.05) is 6.07 Å². The van der Waals surface area contributed by atoms with Gasteiger partial charge >= 0.3 is 0 Å². The normalized spacial score (nSPS) is 34.3. The van der Waals surface area contributed by atoms with Crippen molar-refractivity contribution in [3.05, 3.63) is 30.3 Å². The van der Waals surface area contributed by atoms with E-state index in [1.165, 1.54) is 0 Å². The number of aromatic hydroxyl groups is 1. The lowest BCUT2D eigenvalue weighted by Gasteiger charge is -2.37. The van der Waals surface area contributed by atoms with Crippen LogP contribution >= 0.6 is 0 Å². The van der Waals surface area contributed by atoms with E-state index in [-0.39, 0.29) is 0 Å². The summed E-state index contributed by atoms with van der Waals surface area (Å²) in [7, 11) is 0. The lowest BCUT2D eigenvalue weighted by Crippen LogP contribution is -2.58. The van der Waals surface area contributed by atoms with Crippen LogP contribution in [0.15, 0.2) is 30.3 Å². The topological polar surface area (TPSA) is 131 Å². The molecule has 19 heavy (non-hydrogen) atoms. The van der Waals surface area contributed by atoms with E-state index in [2.05, 4.69) is 4.74 Å². The average Bonchev–Trinajstić information content (AvgIpc) is 2.42. The molecule has 0 bridgehead atoms. The Morgan fingerprint density at radius 3 is 1.89 bits per heavy atom. The van der Waals surface area contributed by atoms with E-state index in [0.29, 0.717) is 5.75 Å². The van der Waals surface area contributed by atoms with Gasteiger partial charge in [-0.25, -0.2) is 0 Å². The predicted molar refractivity (Wildman–Crippen MR) is 64.1 cm³/mol. The number of para-hydroxylation sites is 1. The van der Waals surface area contributed by atoms with Gasteiger partial charge in [-0.1, -0.05) is 18.2 Å². The summed E-state index contributed by atoms with van der Waals surface area (Å²) in [4.78, 5) is 0. The molecule has 1 saturated heterocycles. The van der Waals surface area contributed by atoms with Gasteiger partial charge in [-0.2, -0.15) is 0 Å². The van der Waals surface area contributed by atoms with Gasteiger partial charge in [0.05, 0.1) is 6.61 Å². The Hall–Kier alpha value is -1.22. The smallest absolute Gasteiger partial charge is 0.184 e. The van der Waals surface area contributed by atoms with Gasteiger partial charge in [0.1, 0.15) is 30.2 Å². The number of hydrogen-bond acceptors (Lipinski definition) is 7. The Bertz CT molecular complexity index is 354. The molecule has 2 rings (SSSR count). The minimum Gasteiger partial charge on any atom is -0.508 e. The Morgan fingerprint density at radius 1 is 0.895 bits per heavy atom. The largest absolute Gasteiger partial charge is 0.508 e. The molecule has 0 aromatic heterocycles. The number of benzene rings is 1. The van der Waals surface area contributed by atoms with E-state index in [9.17, 15) is 0 Å². The van der Waals surface area contributed by atoms with Crippen LogP contribution in [0.5, 0.6) is 5.75 Å². The second-order valence-corrected chi connectivity index (χ2v) is 4.05. The third-order valence-electron chi connectivity index (χ3n) is 2.62. The number of rotatable bonds is 1. The maximum atomic E-state index is 9.12. The number of aliphatic hydroxyl groups is 5. The van der Waals surface area contributed by atoms with Gasteiger partial charge in [0.2, 0.25) is 0 Å². The SMILES string of the molecule is OC[C@H]1OC(O)[C@H](O)[C@@H](O)[C@@H]1O.Oc1ccccc1. The molecule has 6 N–H and O–H groups in total. The Labute approximate surface area is 110 Å². The van der Waals surface area contributed by atoms with Gasteiger partial charge in [0.25, 0.3) is 0 Å². The van der Waals surface area contributed by atoms with Crippen LogP contribution in [0.25, 0.3) is 0 Å². The van der Waals surface area contributed by atoms with Crippen molar-refractivity contribution in [2.75, 3.05) is 6.61 Å². The van der Waals surface area contributed by atoms with E-state index in [0.717, 1.165) is 0 Å². The van der Waals surface area contributed by atoms with Crippen molar-refractivity contribution in [3.8, 4) is 5.75 Å². The first-order valence-corrected chi connectivity index (χ1v) is 5.70. The highest BCUT2D eigenvalue weighted by molar-refractivity contribution is 5.18. The molecule has 1 aromatic carbocycles. The summed E-state index contributed by atoms with van der Waals surface area (Å²) < 4.78 is 4.58. The Kier molecular flexibility index (Phi) is 6.16. The monoisotopic (exact) mass is 274 g/mol. The molecule has 1 aromatic rings. The lowest BCUT2D eigenvalue weighted by molar-refractivity contribution is -0.286. The molecule has 1 fully saturated rings. The van der Waals surface area contributed by atoms with E-state index >= 15 is 0 Å². The van der Waals surface area contributed by atoms with Crippen LogP contribution in [0.1, 0.15) is 0 Å². The molecule has 0 amide bonds. The summed E-state index contributed by atoms with van der Waals surface area (Å²) in [6.45, 7) is -0.526. The highest BCUT2D eigenvalue weighted by Crippen LogP contribution is 2.18. The third-order valence-corrected chi connectivity index (χ3v) is 2.62. The molecule has 0 spiro atoms. The first-order chi connectivity index (χ1) is 8.97. The zero-order valence-corrected chi connectivity index (χ0v) is 10.1. The number of phenolic OH excluding ortho intramolecular Hbond substituents is 1. The van der Waals surface area contributed by atoms with Crippen molar-refractivity contribution < 1.29 is 35.4 Å². The molecular formula is C12H18O7. The minimum absolute atomic E-state index is 0.322. The van der Waals surface area contributed by atoms with Crippen molar-refractivity contribution in [2.24, 2.45) is 0 Å². The maximum absolute atomic E-state index is 9.12. The number of ether oxygens (including phenoxy) is 1. The van der Waals surface area contributed by atoms with Crippen LogP contribution in [0, 0.1) is 0 Å². The second kappa shape index (κ2) is 7.39. The average molecular weight is 274 g/mol. The van der Waals surface area contributed by atoms with Gasteiger partial charge in [0.15, 0.2) is 6.29 Å². The van der Waals surface area contributed by atoms with Gasteiger partial charge in [-0.05, 0) is 12.1 Å². The molecule has 108 valence electrons. The predicted octanol–water partition coefficient (Wildman–Crippen LogP) is -1.83. The molecule has 1 aliphatic heterocycles. The van der Waals surface area contributed by atoms with E-state index < -0.39 is 37.3 Å². The van der Waals surface area contributed by atoms with E-state index in [4.69, 9.17) is 30.6 Å². The highest BCUT2D eigenvalue weighted by Gasteiger charge is 2.42. The van der Waals surface area contributed by atoms with Crippen LogP contribution in [0.2, 0.25) is 0 Å². The molecule has 1 aliphatic rings. The van der Waals surface area contributed by atoms with Crippen molar-refractivity contribution >= 4 is 0 Å². The fraction of sp³-hybridized carbons (Fsp3) is 0.500. The zero-order valence-electron chi connectivity index (χ0n) is 10.1. The third kappa shape index (κ3) is 4.43. The summed E-state index contributed by atoms with van der Waals surface area (Å²) in [5, 5.41) is 53.3. The molecular weight excluding hydrogens is 256 g/mol. The summed E-state index contributed by atoms with van der Waals surface area (Å²) in [5.41, 5.74) is 0. The van der Waals surface area contributed by atoms with Crippen molar-refractivity contribution in [1.29, 1.82) is 0 Å². The van der Waals surface area contributed by atoms with Crippen LogP contribution in [0.3, 0.4) is 0 Å². The standard InChI is InChI=1S/C6H12O6.C6H6O/c7-1-2-3(8)4(9)5(10)6(11)12-2;7-6-4-2-1-3-5-6/h2-11H,1H2;1-5,7H/t2-,3-,4+,5-,6?;/m1./s1. The summed E-state index contributed by atoms with van der Waals surface area (Å²) >= 11 is 0. The molecule has 1 heterocycles. The van der Waals surface area contributed by atoms with Crippen LogP contribution < -0.4 is 0 Å². The molecule has 0 radical (unpaired) electrons. The highest BCUT2D eigenvalue weighted by atomic mass is 16.6. The molecule has 5 atom stereocenters. The Balaban J connectivity index is 0.000000218. The fourth-order valence-electron chi connectivity index (χ4n) is 1.51. The molecule has 0 aliphatic carbocycles. The molecule has 1 unspecified atom stereocenters. The van der Waals surface area contributed by atoms with Crippen LogP contribution in [-0.2, 0) is 4.74 Å². The summed E-state index contributed by atoms with van der Waals surface area (Å²) in [5.74, 6) is 0.322. The summed E-state index contributed by atoms with van der Waals surface area (Å²) in [6, 6.07) is 8.71. The minimum atomic E-state index is -1.57. The number of hydrogen-bond donors (Lipinski definition) is 6. The van der Waals surface area contributed by atoms with Crippen molar-refractivity contribution in [3.63, 3.8) is 0 Å². The van der Waals surface area contributed by atoms with Gasteiger partial charge < -0.3 is 35.4 Å². The molecule has 0 saturated carbocycles. The van der Waals surface area contributed by atoms with Crippen LogP contribution in [-0.4, -0.2) is 68.0 Å². The molecule has 7 nitrogen and oxygen atoms in total. The second-order valence-electron chi connectivity index (χ2n) is 4.05. The van der Waals surface area contributed by atoms with Gasteiger partial charge in [0, 0.05) is 0 Å². The number of phenols is 1. The quantitative estimate of drug-likeness (QED) is 0.355. The van der Waals surface area contributed by atoms with Gasteiger partial charge in [-0.15, -0.1) is 0 Å². The van der Waals surface area contributed by atoms with E-state index in [1.54, 1.807) is 24.3 Å². The van der Waals surface area contributed by atoms with Crippen LogP contribution in [0.4, 0.5) is 0 Å². The zero-order chi connectivity index (χ0) is 14.4. The van der Waals surface area contributed by atoms with Crippen molar-refractivity contribution in [2.45, 2.75) is 30.7 Å². The first-order valence-electron chi connectivity index (χ1n) is 5.70. The fourth-order valence-corrected chi connectivity index (χ4v) is 1.51. The molecule has 7 heteroatoms. The lowest BCUT2D eigenvalue weighted by atomic mass is 10.00. The van der Waals surface area contributed by atoms with Gasteiger partial charge in [-0.3, -0.25) is 0 Å². The Morgan fingerprint density at radius 2 is 1.47 bits per heavy atom. The first kappa shape index (κ1) is 15.8. The summed E-state index contributed by atoms with van der Waals surface area (Å²) in [6.07, 6.45) is -7.04. The van der Waals surface area contributed by atoms with Crippen molar-refractivity contribution in [1.82, 2.24) is 0 Å². The maximum Gasteiger partial charge on any atom is 0.184 e. The number of aliphatic hydroxyl groups excluding tert-OH is 5.